The van der Waals surface area contributed by atoms with Crippen LogP contribution >= 0.6 is 0 Å². The van der Waals surface area contributed by atoms with Gasteiger partial charge in [-0.3, -0.25) is 0 Å². The van der Waals surface area contributed by atoms with Gasteiger partial charge in [0.15, 0.2) is 0 Å². The molecule has 0 heterocycles. The average molecular weight is 142 g/mol. The summed E-state index contributed by atoms with van der Waals surface area (Å²) in [6, 6.07) is 0. The monoisotopic (exact) mass is 142 g/mol. The second-order valence-corrected chi connectivity index (χ2v) is 3.78. The Morgan fingerprint density at radius 3 is 2.30 bits per heavy atom. The van der Waals surface area contributed by atoms with Crippen molar-refractivity contribution in [1.29, 1.82) is 0 Å². The van der Waals surface area contributed by atoms with Crippen molar-refractivity contribution in [1.82, 2.24) is 0 Å². The van der Waals surface area contributed by atoms with Crippen molar-refractivity contribution < 1.29 is 5.11 Å². The van der Waals surface area contributed by atoms with Gasteiger partial charge in [0, 0.05) is 6.61 Å². The van der Waals surface area contributed by atoms with E-state index in [1.54, 1.807) is 0 Å². The van der Waals surface area contributed by atoms with Crippen LogP contribution in [0.3, 0.4) is 0 Å². The van der Waals surface area contributed by atoms with E-state index in [1.807, 2.05) is 6.92 Å². The fourth-order valence-corrected chi connectivity index (χ4v) is 0.631. The average Bonchev–Trinajstić information content (AvgIpc) is 1.85. The normalized spacial score (nSPS) is 11.6. The molecule has 60 valence electrons. The Kier molecular flexibility index (Phi) is 3.66. The summed E-state index contributed by atoms with van der Waals surface area (Å²) in [4.78, 5) is 0. The van der Waals surface area contributed by atoms with Gasteiger partial charge < -0.3 is 5.11 Å². The molecular formula is C9H18O. The molecule has 0 aliphatic rings. The Balaban J connectivity index is 3.56. The Bertz CT molecular complexity index is 114. The molecule has 0 saturated heterocycles. The largest absolute Gasteiger partial charge is 0.396 e. The molecule has 0 aliphatic heterocycles. The van der Waals surface area contributed by atoms with Crippen molar-refractivity contribution in [3.05, 3.63) is 12.2 Å². The van der Waals surface area contributed by atoms with Crippen LogP contribution in [-0.4, -0.2) is 11.7 Å². The Labute approximate surface area is 63.8 Å². The molecule has 0 aromatic carbocycles. The van der Waals surface area contributed by atoms with Gasteiger partial charge in [-0.2, -0.15) is 0 Å². The van der Waals surface area contributed by atoms with Crippen molar-refractivity contribution >= 4 is 0 Å². The molecule has 0 fully saturated rings. The second-order valence-electron chi connectivity index (χ2n) is 3.78. The molecule has 0 aromatic rings. The van der Waals surface area contributed by atoms with Crippen molar-refractivity contribution in [2.75, 3.05) is 6.61 Å². The molecule has 1 nitrogen and oxygen atoms in total. The van der Waals surface area contributed by atoms with Gasteiger partial charge in [-0.25, -0.2) is 0 Å². The van der Waals surface area contributed by atoms with Crippen LogP contribution in [0.1, 0.15) is 33.6 Å². The molecule has 0 saturated carbocycles. The predicted octanol–water partition coefficient (Wildman–Crippen LogP) is 2.36. The van der Waals surface area contributed by atoms with Crippen LogP contribution in [-0.2, 0) is 0 Å². The fourth-order valence-electron chi connectivity index (χ4n) is 0.631. The third kappa shape index (κ3) is 4.57. The molecule has 0 unspecified atom stereocenters. The molecule has 10 heavy (non-hydrogen) atoms. The van der Waals surface area contributed by atoms with Crippen LogP contribution in [0.15, 0.2) is 12.2 Å². The highest BCUT2D eigenvalue weighted by Gasteiger charge is 2.15. The minimum atomic E-state index is 0.0684. The van der Waals surface area contributed by atoms with Gasteiger partial charge in [-0.05, 0) is 25.2 Å². The van der Waals surface area contributed by atoms with Crippen LogP contribution in [0.4, 0.5) is 0 Å². The molecule has 0 aromatic heterocycles. The van der Waals surface area contributed by atoms with Crippen LogP contribution in [0.25, 0.3) is 0 Å². The Morgan fingerprint density at radius 2 is 2.00 bits per heavy atom. The van der Waals surface area contributed by atoms with E-state index in [-0.39, 0.29) is 12.0 Å². The highest BCUT2D eigenvalue weighted by molar-refractivity contribution is 4.89. The minimum absolute atomic E-state index is 0.0684. The van der Waals surface area contributed by atoms with E-state index in [2.05, 4.69) is 20.4 Å². The SMILES string of the molecule is C=C(C)CCC(C)(C)CO. The number of hydrogen-bond acceptors (Lipinski definition) is 1. The number of aliphatic hydroxyl groups excluding tert-OH is 1. The van der Waals surface area contributed by atoms with E-state index in [0.29, 0.717) is 0 Å². The zero-order valence-corrected chi connectivity index (χ0v) is 7.28. The minimum Gasteiger partial charge on any atom is -0.396 e. The quantitative estimate of drug-likeness (QED) is 0.597. The highest BCUT2D eigenvalue weighted by atomic mass is 16.3. The fraction of sp³-hybridized carbons (Fsp3) is 0.778. The van der Waals surface area contributed by atoms with Crippen LogP contribution in [0, 0.1) is 5.41 Å². The van der Waals surface area contributed by atoms with Crippen molar-refractivity contribution in [2.24, 2.45) is 5.41 Å². The van der Waals surface area contributed by atoms with Gasteiger partial charge in [0.25, 0.3) is 0 Å². The first-order valence-corrected chi connectivity index (χ1v) is 3.73. The summed E-state index contributed by atoms with van der Waals surface area (Å²) >= 11 is 0. The summed E-state index contributed by atoms with van der Waals surface area (Å²) in [5, 5.41) is 8.88. The zero-order valence-electron chi connectivity index (χ0n) is 7.28. The van der Waals surface area contributed by atoms with Gasteiger partial charge in [0.2, 0.25) is 0 Å². The lowest BCUT2D eigenvalue weighted by Crippen LogP contribution is -2.16. The van der Waals surface area contributed by atoms with Gasteiger partial charge >= 0.3 is 0 Å². The maximum atomic E-state index is 8.88. The maximum absolute atomic E-state index is 8.88. The van der Waals surface area contributed by atoms with E-state index in [9.17, 15) is 0 Å². The number of hydrogen-bond donors (Lipinski definition) is 1. The summed E-state index contributed by atoms with van der Waals surface area (Å²) in [6.07, 6.45) is 2.05. The van der Waals surface area contributed by atoms with E-state index in [0.717, 1.165) is 12.8 Å². The molecule has 0 spiro atoms. The summed E-state index contributed by atoms with van der Waals surface area (Å²) in [7, 11) is 0. The van der Waals surface area contributed by atoms with E-state index in [4.69, 9.17) is 5.11 Å². The first-order valence-electron chi connectivity index (χ1n) is 3.73. The molecule has 0 rings (SSSR count). The molecule has 0 atom stereocenters. The number of allylic oxidation sites excluding steroid dienone is 1. The molecule has 0 amide bonds. The summed E-state index contributed by atoms with van der Waals surface area (Å²) in [5.41, 5.74) is 1.26. The second kappa shape index (κ2) is 3.77. The maximum Gasteiger partial charge on any atom is 0.0482 e. The van der Waals surface area contributed by atoms with Gasteiger partial charge in [0.1, 0.15) is 0 Å². The standard InChI is InChI=1S/C9H18O/c1-8(2)5-6-9(3,4)7-10/h10H,1,5-7H2,2-4H3. The molecule has 0 radical (unpaired) electrons. The van der Waals surface area contributed by atoms with Crippen LogP contribution in [0.2, 0.25) is 0 Å². The number of aliphatic hydroxyl groups is 1. The summed E-state index contributed by atoms with van der Waals surface area (Å²) in [6.45, 7) is 10.2. The molecular weight excluding hydrogens is 124 g/mol. The first kappa shape index (κ1) is 9.70. The predicted molar refractivity (Wildman–Crippen MR) is 44.9 cm³/mol. The van der Waals surface area contributed by atoms with E-state index in [1.165, 1.54) is 5.57 Å². The smallest absolute Gasteiger partial charge is 0.0482 e. The first-order chi connectivity index (χ1) is 4.48. The Morgan fingerprint density at radius 1 is 1.50 bits per heavy atom. The van der Waals surface area contributed by atoms with Gasteiger partial charge in [-0.1, -0.05) is 19.4 Å². The molecule has 0 bridgehead atoms. The summed E-state index contributed by atoms with van der Waals surface area (Å²) in [5.74, 6) is 0. The van der Waals surface area contributed by atoms with Crippen molar-refractivity contribution in [2.45, 2.75) is 33.6 Å². The Hall–Kier alpha value is -0.300. The lowest BCUT2D eigenvalue weighted by Gasteiger charge is -2.20. The topological polar surface area (TPSA) is 20.2 Å². The molecule has 1 N–H and O–H groups in total. The van der Waals surface area contributed by atoms with Gasteiger partial charge in [-0.15, -0.1) is 6.58 Å². The number of rotatable bonds is 4. The lowest BCUT2D eigenvalue weighted by atomic mass is 9.88. The van der Waals surface area contributed by atoms with E-state index >= 15 is 0 Å². The van der Waals surface area contributed by atoms with Gasteiger partial charge in [0.05, 0.1) is 0 Å². The molecule has 0 aliphatic carbocycles. The highest BCUT2D eigenvalue weighted by Crippen LogP contribution is 2.22. The van der Waals surface area contributed by atoms with Crippen molar-refractivity contribution in [3.8, 4) is 0 Å². The third-order valence-electron chi connectivity index (χ3n) is 1.66. The zero-order chi connectivity index (χ0) is 8.20. The van der Waals surface area contributed by atoms with Crippen molar-refractivity contribution in [3.63, 3.8) is 0 Å². The lowest BCUT2D eigenvalue weighted by molar-refractivity contribution is 0.151. The van der Waals surface area contributed by atoms with Crippen LogP contribution < -0.4 is 0 Å². The van der Waals surface area contributed by atoms with Crippen LogP contribution in [0.5, 0.6) is 0 Å². The third-order valence-corrected chi connectivity index (χ3v) is 1.66. The summed E-state index contributed by atoms with van der Waals surface area (Å²) < 4.78 is 0. The molecule has 1 heteroatoms. The van der Waals surface area contributed by atoms with E-state index < -0.39 is 0 Å².